The number of halogens is 3. The number of nitrogens with zero attached hydrogens (tertiary/aromatic N) is 2. The van der Waals surface area contributed by atoms with Crippen molar-refractivity contribution in [3.05, 3.63) is 101 Å². The van der Waals surface area contributed by atoms with Crippen molar-refractivity contribution in [1.29, 1.82) is 0 Å². The van der Waals surface area contributed by atoms with Gasteiger partial charge in [-0.3, -0.25) is 0 Å². The Labute approximate surface area is 176 Å². The zero-order valence-corrected chi connectivity index (χ0v) is 16.6. The van der Waals surface area contributed by atoms with Crippen LogP contribution in [0.5, 0.6) is 5.75 Å². The third kappa shape index (κ3) is 6.38. The molecule has 3 aromatic rings. The molecule has 8 heteroatoms. The average Bonchev–Trinajstić information content (AvgIpc) is 2.73. The maximum absolute atomic E-state index is 14.2. The lowest BCUT2D eigenvalue weighted by Crippen LogP contribution is -2.06. The predicted molar refractivity (Wildman–Crippen MR) is 114 cm³/mol. The maximum atomic E-state index is 14.2. The molecule has 3 rings (SSSR count). The van der Waals surface area contributed by atoms with E-state index in [1.54, 1.807) is 6.07 Å². The number of hydrogen-bond donors (Lipinski definition) is 1. The number of thioether (sulfide) groups is 1. The molecule has 2 N–H and O–H groups in total. The summed E-state index contributed by atoms with van der Waals surface area (Å²) in [5.41, 5.74) is 7.50. The quantitative estimate of drug-likeness (QED) is 0.316. The predicted octanol–water partition coefficient (Wildman–Crippen LogP) is 5.26. The summed E-state index contributed by atoms with van der Waals surface area (Å²) in [6.07, 6.45) is 1.36. The minimum atomic E-state index is -0.750. The van der Waals surface area contributed by atoms with Gasteiger partial charge in [0.05, 0.1) is 6.21 Å². The highest BCUT2D eigenvalue weighted by molar-refractivity contribution is 8.13. The topological polar surface area (TPSA) is 60.0 Å². The second kappa shape index (κ2) is 10.5. The minimum absolute atomic E-state index is 0.0580. The number of hydrogen-bond acceptors (Lipinski definition) is 4. The highest BCUT2D eigenvalue weighted by atomic mass is 32.2. The van der Waals surface area contributed by atoms with Crippen molar-refractivity contribution in [2.45, 2.75) is 12.4 Å². The third-order valence-electron chi connectivity index (χ3n) is 3.95. The Balaban J connectivity index is 1.55. The number of rotatable bonds is 7. The Morgan fingerprint density at radius 1 is 0.967 bits per heavy atom. The molecule has 0 fully saturated rings. The molecule has 0 aliphatic heterocycles. The average molecular weight is 429 g/mol. The van der Waals surface area contributed by atoms with Crippen molar-refractivity contribution < 1.29 is 17.9 Å². The first-order valence-electron chi connectivity index (χ1n) is 8.91. The van der Waals surface area contributed by atoms with Crippen LogP contribution in [0.2, 0.25) is 0 Å². The van der Waals surface area contributed by atoms with Gasteiger partial charge in [0.25, 0.3) is 0 Å². The molecule has 0 radical (unpaired) electrons. The molecule has 0 spiro atoms. The molecule has 0 saturated carbocycles. The van der Waals surface area contributed by atoms with Gasteiger partial charge in [0.2, 0.25) is 0 Å². The van der Waals surface area contributed by atoms with Gasteiger partial charge in [-0.2, -0.15) is 5.10 Å². The van der Waals surface area contributed by atoms with Crippen molar-refractivity contribution >= 4 is 23.1 Å². The van der Waals surface area contributed by atoms with Crippen LogP contribution in [0.15, 0.2) is 76.9 Å². The lowest BCUT2D eigenvalue weighted by Gasteiger charge is -2.08. The van der Waals surface area contributed by atoms with E-state index in [9.17, 15) is 13.2 Å². The summed E-state index contributed by atoms with van der Waals surface area (Å²) in [6.45, 7) is -0.226. The molecular weight excluding hydrogens is 411 g/mol. The van der Waals surface area contributed by atoms with E-state index in [0.29, 0.717) is 11.3 Å². The summed E-state index contributed by atoms with van der Waals surface area (Å²) in [5, 5.41) is 8.03. The highest BCUT2D eigenvalue weighted by Crippen LogP contribution is 2.20. The molecule has 0 bridgehead atoms. The molecule has 0 amide bonds. The van der Waals surface area contributed by atoms with Gasteiger partial charge in [0.1, 0.15) is 18.2 Å². The van der Waals surface area contributed by atoms with Gasteiger partial charge in [-0.25, -0.2) is 13.2 Å². The van der Waals surface area contributed by atoms with Crippen LogP contribution in [0, 0.1) is 17.5 Å². The molecule has 0 heterocycles. The van der Waals surface area contributed by atoms with E-state index in [-0.39, 0.29) is 23.1 Å². The fourth-order valence-corrected chi connectivity index (χ4v) is 3.03. The fourth-order valence-electron chi connectivity index (χ4n) is 2.42. The van der Waals surface area contributed by atoms with E-state index in [1.807, 2.05) is 30.3 Å². The van der Waals surface area contributed by atoms with E-state index in [4.69, 9.17) is 10.5 Å². The summed E-state index contributed by atoms with van der Waals surface area (Å²) in [4.78, 5) is 0. The van der Waals surface area contributed by atoms with E-state index in [0.717, 1.165) is 17.7 Å². The summed E-state index contributed by atoms with van der Waals surface area (Å²) in [7, 11) is 0. The van der Waals surface area contributed by atoms with Crippen molar-refractivity contribution in [1.82, 2.24) is 0 Å². The Hall–Kier alpha value is -3.26. The molecule has 154 valence electrons. The molecule has 0 aromatic heterocycles. The summed E-state index contributed by atoms with van der Waals surface area (Å²) in [6, 6.07) is 17.1. The maximum Gasteiger partial charge on any atom is 0.180 e. The van der Waals surface area contributed by atoms with Crippen LogP contribution in [0.25, 0.3) is 0 Å². The lowest BCUT2D eigenvalue weighted by atomic mass is 10.2. The zero-order valence-electron chi connectivity index (χ0n) is 15.8. The van der Waals surface area contributed by atoms with Gasteiger partial charge in [-0.05, 0) is 41.5 Å². The van der Waals surface area contributed by atoms with Crippen molar-refractivity contribution in [2.24, 2.45) is 15.9 Å². The second-order valence-corrected chi connectivity index (χ2v) is 7.17. The summed E-state index contributed by atoms with van der Waals surface area (Å²) >= 11 is 1.34. The first kappa shape index (κ1) is 21.4. The van der Waals surface area contributed by atoms with Gasteiger partial charge in [0.15, 0.2) is 16.7 Å². The Morgan fingerprint density at radius 3 is 2.50 bits per heavy atom. The Bertz CT molecular complexity index is 1060. The second-order valence-electron chi connectivity index (χ2n) is 6.17. The molecular formula is C22H18F3N3OS. The number of benzene rings is 3. The highest BCUT2D eigenvalue weighted by Gasteiger charge is 2.08. The van der Waals surface area contributed by atoms with Crippen molar-refractivity contribution in [3.63, 3.8) is 0 Å². The Kier molecular flexibility index (Phi) is 7.51. The van der Waals surface area contributed by atoms with Crippen LogP contribution in [0.1, 0.15) is 16.7 Å². The first-order valence-corrected chi connectivity index (χ1v) is 9.89. The molecule has 0 saturated heterocycles. The number of amidine groups is 1. The van der Waals surface area contributed by atoms with Crippen LogP contribution in [-0.2, 0) is 12.4 Å². The van der Waals surface area contributed by atoms with Crippen LogP contribution < -0.4 is 10.5 Å². The molecule has 0 aliphatic rings. The van der Waals surface area contributed by atoms with Crippen LogP contribution >= 0.6 is 11.8 Å². The monoisotopic (exact) mass is 429 g/mol. The normalized spacial score (nSPS) is 11.8. The molecule has 0 atom stereocenters. The minimum Gasteiger partial charge on any atom is -0.486 e. The van der Waals surface area contributed by atoms with Crippen LogP contribution in [-0.4, -0.2) is 11.4 Å². The Morgan fingerprint density at radius 2 is 1.77 bits per heavy atom. The lowest BCUT2D eigenvalue weighted by molar-refractivity contribution is 0.284. The third-order valence-corrected chi connectivity index (χ3v) is 4.80. The SMILES string of the molecule is NC(=NN=Cc1ccc(OCc2ccc(F)cc2F)c(F)c1)SCc1ccccc1. The van der Waals surface area contributed by atoms with Crippen molar-refractivity contribution in [3.8, 4) is 5.75 Å². The van der Waals surface area contributed by atoms with Gasteiger partial charge in [0, 0.05) is 17.4 Å². The van der Waals surface area contributed by atoms with Gasteiger partial charge in [-0.15, -0.1) is 5.10 Å². The van der Waals surface area contributed by atoms with Crippen LogP contribution in [0.3, 0.4) is 0 Å². The summed E-state index contributed by atoms with van der Waals surface area (Å²) in [5.74, 6) is -1.47. The molecule has 30 heavy (non-hydrogen) atoms. The van der Waals surface area contributed by atoms with E-state index in [2.05, 4.69) is 10.2 Å². The van der Waals surface area contributed by atoms with Gasteiger partial charge in [-0.1, -0.05) is 42.1 Å². The number of ether oxygens (including phenoxy) is 1. The molecule has 4 nitrogen and oxygen atoms in total. The van der Waals surface area contributed by atoms with Gasteiger partial charge >= 0.3 is 0 Å². The fraction of sp³-hybridized carbons (Fsp3) is 0.0909. The molecule has 0 aliphatic carbocycles. The zero-order chi connectivity index (χ0) is 21.3. The largest absolute Gasteiger partial charge is 0.486 e. The van der Waals surface area contributed by atoms with Gasteiger partial charge < -0.3 is 10.5 Å². The standard InChI is InChI=1S/C22H18F3N3OS/c23-18-8-7-17(19(24)11-18)13-29-21-9-6-16(10-20(21)25)12-27-28-22(26)30-14-15-4-2-1-3-5-15/h1-12H,13-14H2,(H2,26,28). The summed E-state index contributed by atoms with van der Waals surface area (Å²) < 4.78 is 46.0. The smallest absolute Gasteiger partial charge is 0.180 e. The first-order chi connectivity index (χ1) is 14.5. The van der Waals surface area contributed by atoms with Crippen LogP contribution in [0.4, 0.5) is 13.2 Å². The number of nitrogens with two attached hydrogens (primary N) is 1. The molecule has 3 aromatic carbocycles. The van der Waals surface area contributed by atoms with E-state index >= 15 is 0 Å². The molecule has 0 unspecified atom stereocenters. The van der Waals surface area contributed by atoms with E-state index in [1.165, 1.54) is 36.2 Å². The van der Waals surface area contributed by atoms with Crippen molar-refractivity contribution in [2.75, 3.05) is 0 Å². The van der Waals surface area contributed by atoms with E-state index < -0.39 is 17.5 Å².